The van der Waals surface area contributed by atoms with E-state index in [1.807, 2.05) is 75.4 Å². The number of hydrogen-bond donors (Lipinski definition) is 0. The van der Waals surface area contributed by atoms with Crippen molar-refractivity contribution < 1.29 is 4.74 Å². The third-order valence-corrected chi connectivity index (χ3v) is 2.53. The Bertz CT molecular complexity index is 528. The van der Waals surface area contributed by atoms with E-state index in [0.717, 1.165) is 17.1 Å². The summed E-state index contributed by atoms with van der Waals surface area (Å²) in [6, 6.07) is 19.5. The van der Waals surface area contributed by atoms with Crippen LogP contribution in [0, 0.1) is 11.3 Å². The van der Waals surface area contributed by atoms with Crippen LogP contribution in [-0.2, 0) is 0 Å². The normalized spacial score (nSPS) is 10.6. The molecule has 0 fully saturated rings. The first-order chi connectivity index (χ1) is 9.29. The molecule has 0 aliphatic carbocycles. The highest BCUT2D eigenvalue weighted by Crippen LogP contribution is 2.24. The van der Waals surface area contributed by atoms with E-state index in [2.05, 4.69) is 6.07 Å². The van der Waals surface area contributed by atoms with Gasteiger partial charge >= 0.3 is 0 Å². The lowest BCUT2D eigenvalue weighted by molar-refractivity contribution is 0.482. The fourth-order valence-corrected chi connectivity index (χ4v) is 1.55. The molecule has 0 saturated carbocycles. The minimum absolute atomic E-state index is 0.116. The van der Waals surface area contributed by atoms with E-state index in [-0.39, 0.29) is 5.92 Å². The van der Waals surface area contributed by atoms with Gasteiger partial charge in [-0.25, -0.2) is 0 Å². The zero-order valence-corrected chi connectivity index (χ0v) is 11.6. The van der Waals surface area contributed by atoms with Crippen LogP contribution in [0.15, 0.2) is 54.6 Å². The molecule has 0 spiro atoms. The molecule has 0 aliphatic heterocycles. The highest BCUT2D eigenvalue weighted by atomic mass is 16.5. The second-order valence-electron chi connectivity index (χ2n) is 3.84. The molecule has 2 aromatic carbocycles. The van der Waals surface area contributed by atoms with Crippen molar-refractivity contribution in [3.8, 4) is 17.6 Å². The van der Waals surface area contributed by atoms with Crippen LogP contribution >= 0.6 is 0 Å². The standard InChI is InChI=1S/C15H13NO.C2H6/c1-12(11-16)13-6-5-9-15(10-13)17-14-7-3-2-4-8-14;1-2/h2-10,12H,1H3;1-2H3. The lowest BCUT2D eigenvalue weighted by Crippen LogP contribution is -1.90. The van der Waals surface area contributed by atoms with Crippen molar-refractivity contribution in [1.82, 2.24) is 0 Å². The molecule has 0 heterocycles. The third-order valence-electron chi connectivity index (χ3n) is 2.53. The molecule has 2 heteroatoms. The Kier molecular flexibility index (Phi) is 6.18. The summed E-state index contributed by atoms with van der Waals surface area (Å²) >= 11 is 0. The quantitative estimate of drug-likeness (QED) is 0.759. The first kappa shape index (κ1) is 14.8. The number of ether oxygens (including phenoxy) is 1. The lowest BCUT2D eigenvalue weighted by Gasteiger charge is -2.08. The van der Waals surface area contributed by atoms with Gasteiger partial charge in [0.2, 0.25) is 0 Å². The Morgan fingerprint density at radius 2 is 1.58 bits per heavy atom. The molecular weight excluding hydrogens is 234 g/mol. The van der Waals surface area contributed by atoms with Gasteiger partial charge in [0.15, 0.2) is 0 Å². The van der Waals surface area contributed by atoms with Crippen LogP contribution in [0.5, 0.6) is 11.5 Å². The third kappa shape index (κ3) is 4.48. The summed E-state index contributed by atoms with van der Waals surface area (Å²) in [5, 5.41) is 8.88. The minimum Gasteiger partial charge on any atom is -0.457 e. The van der Waals surface area contributed by atoms with Gasteiger partial charge in [-0.15, -0.1) is 0 Å². The first-order valence-corrected chi connectivity index (χ1v) is 6.52. The van der Waals surface area contributed by atoms with Crippen molar-refractivity contribution in [2.24, 2.45) is 0 Å². The van der Waals surface area contributed by atoms with Crippen molar-refractivity contribution in [2.75, 3.05) is 0 Å². The predicted molar refractivity (Wildman–Crippen MR) is 78.3 cm³/mol. The molecule has 0 amide bonds. The summed E-state index contributed by atoms with van der Waals surface area (Å²) < 4.78 is 5.70. The zero-order valence-electron chi connectivity index (χ0n) is 11.6. The molecular formula is C17H19NO. The van der Waals surface area contributed by atoms with Gasteiger partial charge in [0.25, 0.3) is 0 Å². The summed E-state index contributed by atoms with van der Waals surface area (Å²) in [5.41, 5.74) is 0.973. The van der Waals surface area contributed by atoms with Crippen molar-refractivity contribution in [2.45, 2.75) is 26.7 Å². The molecule has 2 nitrogen and oxygen atoms in total. The Labute approximate surface area is 115 Å². The molecule has 19 heavy (non-hydrogen) atoms. The van der Waals surface area contributed by atoms with Crippen LogP contribution in [0.1, 0.15) is 32.3 Å². The zero-order chi connectivity index (χ0) is 14.1. The summed E-state index contributed by atoms with van der Waals surface area (Å²) in [6.07, 6.45) is 0. The molecule has 1 unspecified atom stereocenters. The van der Waals surface area contributed by atoms with E-state index in [9.17, 15) is 0 Å². The number of nitriles is 1. The Hall–Kier alpha value is -2.27. The van der Waals surface area contributed by atoms with E-state index in [0.29, 0.717) is 0 Å². The maximum absolute atomic E-state index is 8.88. The van der Waals surface area contributed by atoms with Crippen molar-refractivity contribution in [3.05, 3.63) is 60.2 Å². The average molecular weight is 253 g/mol. The van der Waals surface area contributed by atoms with Crippen LogP contribution in [0.3, 0.4) is 0 Å². The molecule has 0 aliphatic rings. The van der Waals surface area contributed by atoms with Gasteiger partial charge in [-0.1, -0.05) is 44.2 Å². The maximum Gasteiger partial charge on any atom is 0.127 e. The molecule has 0 bridgehead atoms. The summed E-state index contributed by atoms with van der Waals surface area (Å²) in [7, 11) is 0. The molecule has 2 aromatic rings. The fourth-order valence-electron chi connectivity index (χ4n) is 1.55. The van der Waals surface area contributed by atoms with E-state index in [4.69, 9.17) is 10.00 Å². The van der Waals surface area contributed by atoms with Crippen LogP contribution in [0.4, 0.5) is 0 Å². The minimum atomic E-state index is -0.116. The second kappa shape index (κ2) is 7.94. The van der Waals surface area contributed by atoms with Gasteiger partial charge in [-0.2, -0.15) is 5.26 Å². The van der Waals surface area contributed by atoms with Gasteiger partial charge in [0.1, 0.15) is 11.5 Å². The van der Waals surface area contributed by atoms with E-state index < -0.39 is 0 Å². The Morgan fingerprint density at radius 3 is 2.21 bits per heavy atom. The van der Waals surface area contributed by atoms with E-state index in [1.165, 1.54) is 0 Å². The number of hydrogen-bond acceptors (Lipinski definition) is 2. The van der Waals surface area contributed by atoms with E-state index >= 15 is 0 Å². The van der Waals surface area contributed by atoms with Crippen LogP contribution in [0.25, 0.3) is 0 Å². The van der Waals surface area contributed by atoms with Crippen molar-refractivity contribution in [1.29, 1.82) is 5.26 Å². The summed E-state index contributed by atoms with van der Waals surface area (Å²) in [6.45, 7) is 5.88. The second-order valence-corrected chi connectivity index (χ2v) is 3.84. The SMILES string of the molecule is CC.CC(C#N)c1cccc(Oc2ccccc2)c1. The van der Waals surface area contributed by atoms with Gasteiger partial charge in [-0.3, -0.25) is 0 Å². The smallest absolute Gasteiger partial charge is 0.127 e. The monoisotopic (exact) mass is 253 g/mol. The predicted octanol–water partition coefficient (Wildman–Crippen LogP) is 5.13. The molecule has 98 valence electrons. The highest BCUT2D eigenvalue weighted by Gasteiger charge is 2.05. The molecule has 0 saturated heterocycles. The average Bonchev–Trinajstić information content (AvgIpc) is 2.50. The Balaban J connectivity index is 0.000000861. The number of benzene rings is 2. The Morgan fingerprint density at radius 1 is 0.947 bits per heavy atom. The molecule has 0 N–H and O–H groups in total. The maximum atomic E-state index is 8.88. The largest absolute Gasteiger partial charge is 0.457 e. The van der Waals surface area contributed by atoms with Crippen LogP contribution in [0.2, 0.25) is 0 Å². The van der Waals surface area contributed by atoms with Crippen molar-refractivity contribution in [3.63, 3.8) is 0 Å². The summed E-state index contributed by atoms with van der Waals surface area (Å²) in [4.78, 5) is 0. The lowest BCUT2D eigenvalue weighted by atomic mass is 10.0. The highest BCUT2D eigenvalue weighted by molar-refractivity contribution is 5.36. The van der Waals surface area contributed by atoms with Gasteiger partial charge < -0.3 is 4.74 Å². The van der Waals surface area contributed by atoms with Gasteiger partial charge in [-0.05, 0) is 36.8 Å². The van der Waals surface area contributed by atoms with Crippen LogP contribution in [-0.4, -0.2) is 0 Å². The number of para-hydroxylation sites is 1. The topological polar surface area (TPSA) is 33.0 Å². The number of rotatable bonds is 3. The van der Waals surface area contributed by atoms with Gasteiger partial charge in [0.05, 0.1) is 12.0 Å². The van der Waals surface area contributed by atoms with Gasteiger partial charge in [0, 0.05) is 0 Å². The fraction of sp³-hybridized carbons (Fsp3) is 0.235. The molecule has 0 aromatic heterocycles. The van der Waals surface area contributed by atoms with E-state index in [1.54, 1.807) is 0 Å². The number of nitrogens with zero attached hydrogens (tertiary/aromatic N) is 1. The molecule has 1 atom stereocenters. The summed E-state index contributed by atoms with van der Waals surface area (Å²) in [5.74, 6) is 1.44. The van der Waals surface area contributed by atoms with Crippen LogP contribution < -0.4 is 4.74 Å². The first-order valence-electron chi connectivity index (χ1n) is 6.52. The molecule has 2 rings (SSSR count). The molecule has 0 radical (unpaired) electrons. The van der Waals surface area contributed by atoms with Crippen molar-refractivity contribution >= 4 is 0 Å².